The third-order valence-electron chi connectivity index (χ3n) is 4.87. The largest absolute Gasteiger partial charge is 0.481 e. The Morgan fingerprint density at radius 1 is 1.06 bits per heavy atom. The third kappa shape index (κ3) is 6.93. The Hall–Kier alpha value is -4.61. The van der Waals surface area contributed by atoms with E-state index in [1.54, 1.807) is 0 Å². The van der Waals surface area contributed by atoms with E-state index < -0.39 is 23.9 Å². The molecule has 0 bridgehead atoms. The van der Waals surface area contributed by atoms with Crippen LogP contribution in [0.4, 0.5) is 26.5 Å². The summed E-state index contributed by atoms with van der Waals surface area (Å²) in [5.41, 5.74) is 6.55. The zero-order valence-corrected chi connectivity index (χ0v) is 19.0. The number of nitrogens with zero attached hydrogens (tertiary/aromatic N) is 2. The maximum absolute atomic E-state index is 14.9. The van der Waals surface area contributed by atoms with E-state index in [0.29, 0.717) is 12.1 Å². The monoisotopic (exact) mass is 484 g/mol. The number of ether oxygens (including phenoxy) is 2. The van der Waals surface area contributed by atoms with Crippen molar-refractivity contribution in [1.82, 2.24) is 15.3 Å². The average Bonchev–Trinajstić information content (AvgIpc) is 2.84. The number of rotatable bonds is 11. The topological polar surface area (TPSA) is 161 Å². The number of carbonyl (C=O) groups is 2. The van der Waals surface area contributed by atoms with E-state index in [1.807, 2.05) is 30.3 Å². The summed E-state index contributed by atoms with van der Waals surface area (Å²) in [7, 11) is 2.85. The van der Waals surface area contributed by atoms with Crippen LogP contribution in [-0.4, -0.2) is 53.9 Å². The molecule has 0 aliphatic rings. The fourth-order valence-electron chi connectivity index (χ4n) is 3.25. The lowest BCUT2D eigenvalue weighted by atomic mass is 10.1. The van der Waals surface area contributed by atoms with Gasteiger partial charge in [-0.15, -0.1) is 0 Å². The van der Waals surface area contributed by atoms with Crippen molar-refractivity contribution in [3.63, 3.8) is 0 Å². The van der Waals surface area contributed by atoms with Gasteiger partial charge in [-0.1, -0.05) is 30.3 Å². The molecule has 3 aromatic rings. The highest BCUT2D eigenvalue weighted by Gasteiger charge is 2.20. The number of anilines is 3. The quantitative estimate of drug-likeness (QED) is 0.276. The number of primary amides is 1. The second-order valence-electron chi connectivity index (χ2n) is 7.36. The molecule has 1 atom stereocenters. The Balaban J connectivity index is 1.94. The second kappa shape index (κ2) is 11.5. The van der Waals surface area contributed by atoms with Gasteiger partial charge in [0, 0.05) is 24.7 Å². The van der Waals surface area contributed by atoms with Gasteiger partial charge in [0.15, 0.2) is 11.6 Å². The first kappa shape index (κ1) is 25.0. The van der Waals surface area contributed by atoms with Crippen molar-refractivity contribution in [3.8, 4) is 11.8 Å². The van der Waals surface area contributed by atoms with Gasteiger partial charge in [0.2, 0.25) is 11.8 Å². The van der Waals surface area contributed by atoms with E-state index in [9.17, 15) is 14.0 Å². The number of nitrogens with two attached hydrogens (primary N) is 1. The van der Waals surface area contributed by atoms with E-state index in [2.05, 4.69) is 25.9 Å². The fraction of sp³-hybridized carbons (Fsp3) is 0.217. The Morgan fingerprint density at radius 3 is 2.29 bits per heavy atom. The Kier molecular flexibility index (Phi) is 8.22. The summed E-state index contributed by atoms with van der Waals surface area (Å²) in [6.07, 6.45) is -0.841. The molecule has 3 rings (SSSR count). The standard InChI is InChI=1S/C23H25FN6O5/c1-34-18-9-14(10-19(29-18)35-2)27-21-16(20(25)31)11-17(24)22(30-21)28-15(12-26-23(32)33)8-13-6-4-3-5-7-13/h3-7,9-11,15,26H,8,12H2,1-2H3,(H2,25,31)(H,32,33)(H2,27,28,29,30). The number of methoxy groups -OCH3 is 2. The second-order valence-corrected chi connectivity index (χ2v) is 7.36. The number of hydrogen-bond acceptors (Lipinski definition) is 8. The zero-order valence-electron chi connectivity index (χ0n) is 19.0. The van der Waals surface area contributed by atoms with Crippen molar-refractivity contribution >= 4 is 29.3 Å². The van der Waals surface area contributed by atoms with Gasteiger partial charge in [-0.25, -0.2) is 14.2 Å². The predicted molar refractivity (Wildman–Crippen MR) is 127 cm³/mol. The van der Waals surface area contributed by atoms with Crippen LogP contribution in [0.1, 0.15) is 15.9 Å². The number of halogens is 1. The van der Waals surface area contributed by atoms with Gasteiger partial charge in [-0.2, -0.15) is 4.98 Å². The lowest BCUT2D eigenvalue weighted by molar-refractivity contribution is 0.100. The molecule has 1 unspecified atom stereocenters. The van der Waals surface area contributed by atoms with Crippen molar-refractivity contribution < 1.29 is 28.6 Å². The van der Waals surface area contributed by atoms with Crippen molar-refractivity contribution in [2.75, 3.05) is 31.4 Å². The highest BCUT2D eigenvalue weighted by molar-refractivity contribution is 5.98. The summed E-state index contributed by atoms with van der Waals surface area (Å²) < 4.78 is 25.2. The van der Waals surface area contributed by atoms with Crippen LogP contribution in [0.15, 0.2) is 48.5 Å². The highest BCUT2D eigenvalue weighted by atomic mass is 19.1. The fourth-order valence-corrected chi connectivity index (χ4v) is 3.25. The molecule has 0 fully saturated rings. The van der Waals surface area contributed by atoms with E-state index in [-0.39, 0.29) is 35.5 Å². The molecule has 6 N–H and O–H groups in total. The summed E-state index contributed by atoms with van der Waals surface area (Å²) in [6.45, 7) is -0.0234. The minimum atomic E-state index is -1.22. The SMILES string of the molecule is COc1cc(Nc2nc(NC(CNC(=O)O)Cc3ccccc3)c(F)cc2C(N)=O)cc(OC)n1. The van der Waals surface area contributed by atoms with Crippen LogP contribution >= 0.6 is 0 Å². The number of carboxylic acid groups (broad SMARTS) is 1. The number of pyridine rings is 2. The van der Waals surface area contributed by atoms with Crippen LogP contribution in [0, 0.1) is 5.82 Å². The summed E-state index contributed by atoms with van der Waals surface area (Å²) >= 11 is 0. The van der Waals surface area contributed by atoms with Crippen molar-refractivity contribution in [3.05, 3.63) is 65.5 Å². The number of aromatic nitrogens is 2. The van der Waals surface area contributed by atoms with Crippen LogP contribution in [0.5, 0.6) is 11.8 Å². The number of amides is 2. The number of benzene rings is 1. The maximum Gasteiger partial charge on any atom is 0.404 e. The van der Waals surface area contributed by atoms with Crippen molar-refractivity contribution in [2.45, 2.75) is 12.5 Å². The number of carbonyl (C=O) groups excluding carboxylic acids is 1. The molecule has 0 spiro atoms. The summed E-state index contributed by atoms with van der Waals surface area (Å²) in [4.78, 5) is 31.3. The molecular weight excluding hydrogens is 459 g/mol. The molecule has 35 heavy (non-hydrogen) atoms. The van der Waals surface area contributed by atoms with Crippen LogP contribution in [0.3, 0.4) is 0 Å². The first-order valence-corrected chi connectivity index (χ1v) is 10.4. The maximum atomic E-state index is 14.9. The van der Waals surface area contributed by atoms with Gasteiger partial charge < -0.3 is 36.3 Å². The molecule has 2 amide bonds. The van der Waals surface area contributed by atoms with Crippen LogP contribution in [-0.2, 0) is 6.42 Å². The van der Waals surface area contributed by atoms with Crippen molar-refractivity contribution in [2.24, 2.45) is 5.73 Å². The minimum absolute atomic E-state index is 0.0234. The first-order valence-electron chi connectivity index (χ1n) is 10.4. The molecule has 12 heteroatoms. The number of hydrogen-bond donors (Lipinski definition) is 5. The molecule has 11 nitrogen and oxygen atoms in total. The van der Waals surface area contributed by atoms with Crippen LogP contribution in [0.25, 0.3) is 0 Å². The van der Waals surface area contributed by atoms with Gasteiger partial charge in [0.05, 0.1) is 25.5 Å². The Bertz CT molecular complexity index is 1170. The molecular formula is C23H25FN6O5. The third-order valence-corrected chi connectivity index (χ3v) is 4.87. The Labute approximate surface area is 200 Å². The molecule has 184 valence electrons. The van der Waals surface area contributed by atoms with E-state index in [0.717, 1.165) is 11.6 Å². The highest BCUT2D eigenvalue weighted by Crippen LogP contribution is 2.28. The Morgan fingerprint density at radius 2 is 1.71 bits per heavy atom. The lowest BCUT2D eigenvalue weighted by Crippen LogP contribution is -2.37. The molecule has 0 radical (unpaired) electrons. The van der Waals surface area contributed by atoms with Crippen molar-refractivity contribution in [1.29, 1.82) is 0 Å². The molecule has 2 heterocycles. The molecule has 0 saturated heterocycles. The average molecular weight is 484 g/mol. The predicted octanol–water partition coefficient (Wildman–Crippen LogP) is 2.77. The molecule has 0 saturated carbocycles. The normalized spacial score (nSPS) is 11.3. The smallest absolute Gasteiger partial charge is 0.404 e. The molecule has 0 aliphatic carbocycles. The van der Waals surface area contributed by atoms with E-state index in [4.69, 9.17) is 20.3 Å². The summed E-state index contributed by atoms with van der Waals surface area (Å²) in [5, 5.41) is 17.2. The summed E-state index contributed by atoms with van der Waals surface area (Å²) in [5.74, 6) is -1.49. The number of nitrogens with one attached hydrogen (secondary N) is 3. The molecule has 2 aromatic heterocycles. The minimum Gasteiger partial charge on any atom is -0.481 e. The van der Waals surface area contributed by atoms with Gasteiger partial charge in [0.1, 0.15) is 5.82 Å². The lowest BCUT2D eigenvalue weighted by Gasteiger charge is -2.21. The van der Waals surface area contributed by atoms with Gasteiger partial charge >= 0.3 is 6.09 Å². The van der Waals surface area contributed by atoms with E-state index in [1.165, 1.54) is 26.4 Å². The zero-order chi connectivity index (χ0) is 25.4. The van der Waals surface area contributed by atoms with Gasteiger partial charge in [0.25, 0.3) is 5.91 Å². The summed E-state index contributed by atoms with van der Waals surface area (Å²) in [6, 6.07) is 12.7. The first-order chi connectivity index (χ1) is 16.8. The van der Waals surface area contributed by atoms with E-state index >= 15 is 0 Å². The van der Waals surface area contributed by atoms with Crippen LogP contribution < -0.4 is 31.2 Å². The molecule has 1 aromatic carbocycles. The molecule has 0 aliphatic heterocycles. The van der Waals surface area contributed by atoms with Gasteiger partial charge in [-0.3, -0.25) is 4.79 Å². The van der Waals surface area contributed by atoms with Gasteiger partial charge in [-0.05, 0) is 18.1 Å². The van der Waals surface area contributed by atoms with Crippen LogP contribution in [0.2, 0.25) is 0 Å².